The van der Waals surface area contributed by atoms with E-state index in [1.54, 1.807) is 15.6 Å². The van der Waals surface area contributed by atoms with E-state index in [1.807, 2.05) is 24.4 Å². The summed E-state index contributed by atoms with van der Waals surface area (Å²) in [5.41, 5.74) is 0. The molecule has 1 saturated heterocycles. The van der Waals surface area contributed by atoms with Crippen LogP contribution in [0, 0.1) is 0 Å². The van der Waals surface area contributed by atoms with Gasteiger partial charge < -0.3 is 5.32 Å². The third kappa shape index (κ3) is 3.28. The molecule has 0 bridgehead atoms. The van der Waals surface area contributed by atoms with E-state index in [0.717, 1.165) is 18.0 Å². The van der Waals surface area contributed by atoms with Gasteiger partial charge in [0, 0.05) is 30.6 Å². The molecule has 1 aliphatic heterocycles. The summed E-state index contributed by atoms with van der Waals surface area (Å²) in [4.78, 5) is 1.14. The first-order valence-corrected chi connectivity index (χ1v) is 8.31. The Morgan fingerprint density at radius 2 is 2.41 bits per heavy atom. The predicted octanol–water partition coefficient (Wildman–Crippen LogP) is 0.914. The number of sulfonamides is 1. The summed E-state index contributed by atoms with van der Waals surface area (Å²) in [5.74, 6) is 0.220. The molecule has 2 heterocycles. The van der Waals surface area contributed by atoms with Gasteiger partial charge >= 0.3 is 0 Å². The number of thiophene rings is 1. The molecule has 17 heavy (non-hydrogen) atoms. The van der Waals surface area contributed by atoms with Crippen molar-refractivity contribution in [1.82, 2.24) is 9.62 Å². The molecule has 1 unspecified atom stereocenters. The molecule has 2 rings (SSSR count). The van der Waals surface area contributed by atoms with Crippen molar-refractivity contribution in [3.63, 3.8) is 0 Å². The van der Waals surface area contributed by atoms with E-state index >= 15 is 0 Å². The van der Waals surface area contributed by atoms with Crippen LogP contribution in [-0.2, 0) is 16.4 Å². The van der Waals surface area contributed by atoms with E-state index < -0.39 is 10.0 Å². The smallest absolute Gasteiger partial charge is 0.214 e. The van der Waals surface area contributed by atoms with Gasteiger partial charge in [-0.25, -0.2) is 8.42 Å². The average molecular weight is 274 g/mol. The number of nitrogens with one attached hydrogen (secondary N) is 1. The summed E-state index contributed by atoms with van der Waals surface area (Å²) in [7, 11) is -3.11. The van der Waals surface area contributed by atoms with E-state index in [4.69, 9.17) is 0 Å². The number of aryl methyl sites for hydroxylation is 1. The van der Waals surface area contributed by atoms with Gasteiger partial charge in [0.25, 0.3) is 0 Å². The minimum absolute atomic E-state index is 0.0667. The van der Waals surface area contributed by atoms with E-state index in [9.17, 15) is 8.42 Å². The lowest BCUT2D eigenvalue weighted by molar-refractivity contribution is 0.284. The van der Waals surface area contributed by atoms with Crippen LogP contribution in [0.15, 0.2) is 17.5 Å². The first kappa shape index (κ1) is 13.0. The second-order valence-corrected chi connectivity index (χ2v) is 7.38. The first-order chi connectivity index (χ1) is 8.09. The lowest BCUT2D eigenvalue weighted by Crippen LogP contribution is -2.52. The Hall–Kier alpha value is -0.430. The van der Waals surface area contributed by atoms with Gasteiger partial charge in [-0.05, 0) is 24.8 Å². The maximum atomic E-state index is 12.2. The highest BCUT2D eigenvalue weighted by Crippen LogP contribution is 2.14. The molecule has 0 spiro atoms. The van der Waals surface area contributed by atoms with Gasteiger partial charge in [0.1, 0.15) is 0 Å². The fraction of sp³-hybridized carbons (Fsp3) is 0.636. The Bertz CT molecular complexity index is 442. The van der Waals surface area contributed by atoms with Crippen molar-refractivity contribution < 1.29 is 8.42 Å². The molecule has 96 valence electrons. The monoisotopic (exact) mass is 274 g/mol. The standard InChI is InChI=1S/C11H18N2O2S2/c1-10-9-12-5-6-13(10)17(14,15)8-4-11-3-2-7-16-11/h2-3,7,10,12H,4-6,8-9H2,1H3. The number of rotatable bonds is 4. The summed E-state index contributed by atoms with van der Waals surface area (Å²) in [6, 6.07) is 4.01. The second kappa shape index (κ2) is 5.48. The van der Waals surface area contributed by atoms with Gasteiger partial charge in [0.2, 0.25) is 10.0 Å². The van der Waals surface area contributed by atoms with Crippen molar-refractivity contribution in [2.24, 2.45) is 0 Å². The SMILES string of the molecule is CC1CNCCN1S(=O)(=O)CCc1cccs1. The quantitative estimate of drug-likeness (QED) is 0.888. The molecular formula is C11H18N2O2S2. The highest BCUT2D eigenvalue weighted by molar-refractivity contribution is 7.89. The van der Waals surface area contributed by atoms with Gasteiger partial charge in [-0.3, -0.25) is 0 Å². The molecule has 0 aromatic carbocycles. The van der Waals surface area contributed by atoms with Crippen molar-refractivity contribution in [3.8, 4) is 0 Å². The fourth-order valence-electron chi connectivity index (χ4n) is 2.04. The lowest BCUT2D eigenvalue weighted by Gasteiger charge is -2.32. The molecular weight excluding hydrogens is 256 g/mol. The highest BCUT2D eigenvalue weighted by atomic mass is 32.2. The number of hydrogen-bond donors (Lipinski definition) is 1. The van der Waals surface area contributed by atoms with Gasteiger partial charge in [0.05, 0.1) is 5.75 Å². The number of piperazine rings is 1. The van der Waals surface area contributed by atoms with Gasteiger partial charge in [-0.1, -0.05) is 6.07 Å². The van der Waals surface area contributed by atoms with Crippen molar-refractivity contribution in [2.75, 3.05) is 25.4 Å². The maximum Gasteiger partial charge on any atom is 0.214 e. The minimum atomic E-state index is -3.11. The summed E-state index contributed by atoms with van der Waals surface area (Å²) in [6.07, 6.45) is 0.622. The summed E-state index contributed by atoms with van der Waals surface area (Å²) < 4.78 is 26.0. The van der Waals surface area contributed by atoms with Gasteiger partial charge in [-0.2, -0.15) is 4.31 Å². The van der Waals surface area contributed by atoms with Crippen molar-refractivity contribution in [2.45, 2.75) is 19.4 Å². The molecule has 0 amide bonds. The minimum Gasteiger partial charge on any atom is -0.314 e. The Balaban J connectivity index is 1.98. The number of hydrogen-bond acceptors (Lipinski definition) is 4. The molecule has 6 heteroatoms. The van der Waals surface area contributed by atoms with Gasteiger partial charge in [-0.15, -0.1) is 11.3 Å². The predicted molar refractivity (Wildman–Crippen MR) is 70.8 cm³/mol. The van der Waals surface area contributed by atoms with Crippen LogP contribution >= 0.6 is 11.3 Å². The molecule has 1 fully saturated rings. The third-order valence-electron chi connectivity index (χ3n) is 2.98. The van der Waals surface area contributed by atoms with Crippen molar-refractivity contribution >= 4 is 21.4 Å². The van der Waals surface area contributed by atoms with E-state index in [0.29, 0.717) is 13.0 Å². The molecule has 0 radical (unpaired) electrons. The highest BCUT2D eigenvalue weighted by Gasteiger charge is 2.28. The van der Waals surface area contributed by atoms with Crippen LogP contribution < -0.4 is 5.32 Å². The molecule has 4 nitrogen and oxygen atoms in total. The Morgan fingerprint density at radius 1 is 1.59 bits per heavy atom. The largest absolute Gasteiger partial charge is 0.314 e. The van der Waals surface area contributed by atoms with E-state index in [-0.39, 0.29) is 11.8 Å². The summed E-state index contributed by atoms with van der Waals surface area (Å²) in [5, 5.41) is 5.18. The molecule has 0 saturated carbocycles. The lowest BCUT2D eigenvalue weighted by atomic mass is 10.3. The van der Waals surface area contributed by atoms with E-state index in [2.05, 4.69) is 5.32 Å². The summed E-state index contributed by atoms with van der Waals surface area (Å²) in [6.45, 7) is 4.05. The first-order valence-electron chi connectivity index (χ1n) is 5.82. The number of nitrogens with zero attached hydrogens (tertiary/aromatic N) is 1. The van der Waals surface area contributed by atoms with Crippen LogP contribution in [0.2, 0.25) is 0 Å². The topological polar surface area (TPSA) is 49.4 Å². The van der Waals surface area contributed by atoms with E-state index in [1.165, 1.54) is 0 Å². The fourth-order valence-corrected chi connectivity index (χ4v) is 4.58. The normalized spacial score (nSPS) is 22.8. The molecule has 0 aliphatic carbocycles. The molecule has 1 aromatic heterocycles. The van der Waals surface area contributed by atoms with Crippen molar-refractivity contribution in [1.29, 1.82) is 0 Å². The zero-order valence-corrected chi connectivity index (χ0v) is 11.6. The average Bonchev–Trinajstić information content (AvgIpc) is 2.80. The van der Waals surface area contributed by atoms with Crippen LogP contribution in [0.1, 0.15) is 11.8 Å². The van der Waals surface area contributed by atoms with Crippen LogP contribution in [0.3, 0.4) is 0 Å². The van der Waals surface area contributed by atoms with Crippen LogP contribution in [0.4, 0.5) is 0 Å². The Kier molecular flexibility index (Phi) is 4.19. The maximum absolute atomic E-state index is 12.2. The molecule has 1 aromatic rings. The van der Waals surface area contributed by atoms with Crippen LogP contribution in [-0.4, -0.2) is 44.2 Å². The zero-order valence-electron chi connectivity index (χ0n) is 9.93. The second-order valence-electron chi connectivity index (χ2n) is 4.31. The Morgan fingerprint density at radius 3 is 3.06 bits per heavy atom. The molecule has 1 aliphatic rings. The third-order valence-corrected chi connectivity index (χ3v) is 5.90. The molecule has 1 N–H and O–H groups in total. The zero-order chi connectivity index (χ0) is 12.3. The van der Waals surface area contributed by atoms with Crippen LogP contribution in [0.25, 0.3) is 0 Å². The van der Waals surface area contributed by atoms with Crippen molar-refractivity contribution in [3.05, 3.63) is 22.4 Å². The summed E-state index contributed by atoms with van der Waals surface area (Å²) >= 11 is 1.62. The molecule has 1 atom stereocenters. The van der Waals surface area contributed by atoms with Crippen LogP contribution in [0.5, 0.6) is 0 Å². The Labute approximate surface area is 107 Å². The van der Waals surface area contributed by atoms with Gasteiger partial charge in [0.15, 0.2) is 0 Å².